The predicted molar refractivity (Wildman–Crippen MR) is 90.0 cm³/mol. The van der Waals surface area contributed by atoms with E-state index >= 15 is 0 Å². The number of hydrogen-bond acceptors (Lipinski definition) is 4. The molecule has 0 aromatic carbocycles. The number of anilines is 1. The van der Waals surface area contributed by atoms with E-state index in [1.54, 1.807) is 0 Å². The molecule has 0 radical (unpaired) electrons. The van der Waals surface area contributed by atoms with Crippen molar-refractivity contribution in [3.8, 4) is 0 Å². The van der Waals surface area contributed by atoms with Crippen LogP contribution in [-0.4, -0.2) is 34.6 Å². The highest BCUT2D eigenvalue weighted by atomic mass is 35.5. The molecular formula is C15H24ClN3S. The third-order valence-corrected chi connectivity index (χ3v) is 4.66. The molecule has 1 aromatic rings. The molecule has 0 aliphatic carbocycles. The molecule has 112 valence electrons. The summed E-state index contributed by atoms with van der Waals surface area (Å²) in [5.41, 5.74) is 1.23. The fourth-order valence-electron chi connectivity index (χ4n) is 2.18. The Hall–Kier alpha value is -0.450. The lowest BCUT2D eigenvalue weighted by atomic mass is 10.1. The van der Waals surface area contributed by atoms with Gasteiger partial charge in [0.05, 0.1) is 5.02 Å². The zero-order chi connectivity index (χ0) is 14.8. The third kappa shape index (κ3) is 4.54. The molecule has 1 N–H and O–H groups in total. The molecule has 1 aromatic heterocycles. The first kappa shape index (κ1) is 15.9. The van der Waals surface area contributed by atoms with E-state index in [0.29, 0.717) is 5.25 Å². The van der Waals surface area contributed by atoms with Crippen LogP contribution in [-0.2, 0) is 6.54 Å². The van der Waals surface area contributed by atoms with Crippen LogP contribution in [0, 0.1) is 0 Å². The fraction of sp³-hybridized carbons (Fsp3) is 0.667. The van der Waals surface area contributed by atoms with Gasteiger partial charge in [-0.05, 0) is 32.4 Å². The quantitative estimate of drug-likeness (QED) is 0.923. The SMILES string of the molecule is CC1CN(c2ncc(CNC(C)(C)C)cc2Cl)CCS1. The summed E-state index contributed by atoms with van der Waals surface area (Å²) < 4.78 is 0. The van der Waals surface area contributed by atoms with Crippen LogP contribution in [0.4, 0.5) is 5.82 Å². The molecule has 2 heterocycles. The Morgan fingerprint density at radius 3 is 2.85 bits per heavy atom. The Labute approximate surface area is 131 Å². The molecule has 0 spiro atoms. The molecule has 0 amide bonds. The highest BCUT2D eigenvalue weighted by Crippen LogP contribution is 2.28. The van der Waals surface area contributed by atoms with E-state index in [4.69, 9.17) is 11.6 Å². The van der Waals surface area contributed by atoms with Gasteiger partial charge in [-0.3, -0.25) is 0 Å². The minimum atomic E-state index is 0.102. The Morgan fingerprint density at radius 1 is 1.50 bits per heavy atom. The molecule has 20 heavy (non-hydrogen) atoms. The molecule has 1 atom stereocenters. The minimum Gasteiger partial charge on any atom is -0.353 e. The molecule has 0 bridgehead atoms. The number of rotatable bonds is 3. The van der Waals surface area contributed by atoms with Gasteiger partial charge in [-0.15, -0.1) is 0 Å². The van der Waals surface area contributed by atoms with Crippen LogP contribution in [0.5, 0.6) is 0 Å². The molecular weight excluding hydrogens is 290 g/mol. The van der Waals surface area contributed by atoms with Crippen molar-refractivity contribution in [1.29, 1.82) is 0 Å². The molecule has 1 fully saturated rings. The van der Waals surface area contributed by atoms with Crippen LogP contribution in [0.15, 0.2) is 12.3 Å². The van der Waals surface area contributed by atoms with Crippen LogP contribution >= 0.6 is 23.4 Å². The summed E-state index contributed by atoms with van der Waals surface area (Å²) >= 11 is 8.44. The van der Waals surface area contributed by atoms with E-state index < -0.39 is 0 Å². The summed E-state index contributed by atoms with van der Waals surface area (Å²) in [6.45, 7) is 11.6. The molecule has 2 rings (SSSR count). The van der Waals surface area contributed by atoms with Gasteiger partial charge in [0.15, 0.2) is 0 Å². The van der Waals surface area contributed by atoms with Crippen molar-refractivity contribution < 1.29 is 0 Å². The van der Waals surface area contributed by atoms with E-state index in [-0.39, 0.29) is 5.54 Å². The maximum absolute atomic E-state index is 6.42. The molecule has 3 nitrogen and oxygen atoms in total. The lowest BCUT2D eigenvalue weighted by Gasteiger charge is -2.32. The van der Waals surface area contributed by atoms with Gasteiger partial charge in [0, 0.05) is 42.4 Å². The smallest absolute Gasteiger partial charge is 0.147 e. The Bertz CT molecular complexity index is 459. The summed E-state index contributed by atoms with van der Waals surface area (Å²) in [6.07, 6.45) is 1.94. The van der Waals surface area contributed by atoms with Crippen LogP contribution < -0.4 is 10.2 Å². The van der Waals surface area contributed by atoms with E-state index in [9.17, 15) is 0 Å². The summed E-state index contributed by atoms with van der Waals surface area (Å²) in [7, 11) is 0. The van der Waals surface area contributed by atoms with Gasteiger partial charge in [0.25, 0.3) is 0 Å². The number of nitrogens with one attached hydrogen (secondary N) is 1. The first-order valence-corrected chi connectivity index (χ1v) is 8.54. The third-order valence-electron chi connectivity index (χ3n) is 3.24. The van der Waals surface area contributed by atoms with Gasteiger partial charge in [-0.2, -0.15) is 11.8 Å². The number of hydrogen-bond donors (Lipinski definition) is 1. The number of nitrogens with zero attached hydrogens (tertiary/aromatic N) is 2. The maximum Gasteiger partial charge on any atom is 0.147 e. The highest BCUT2D eigenvalue weighted by molar-refractivity contribution is 8.00. The molecule has 5 heteroatoms. The van der Waals surface area contributed by atoms with Gasteiger partial charge in [-0.25, -0.2) is 4.98 Å². The molecule has 1 saturated heterocycles. The van der Waals surface area contributed by atoms with Gasteiger partial charge in [0.2, 0.25) is 0 Å². The number of halogens is 1. The molecule has 0 saturated carbocycles. The standard InChI is InChI=1S/C15H24ClN3S/c1-11-10-19(5-6-20-11)14-13(16)7-12(8-17-14)9-18-15(2,3)4/h7-8,11,18H,5-6,9-10H2,1-4H3. The monoisotopic (exact) mass is 313 g/mol. The Balaban J connectivity index is 2.05. The zero-order valence-electron chi connectivity index (χ0n) is 12.7. The fourth-order valence-corrected chi connectivity index (χ4v) is 3.50. The van der Waals surface area contributed by atoms with E-state index in [2.05, 4.69) is 42.9 Å². The minimum absolute atomic E-state index is 0.102. The first-order chi connectivity index (χ1) is 9.35. The van der Waals surface area contributed by atoms with Gasteiger partial charge < -0.3 is 10.2 Å². The van der Waals surface area contributed by atoms with Crippen LogP contribution in [0.3, 0.4) is 0 Å². The van der Waals surface area contributed by atoms with E-state index in [1.807, 2.05) is 24.0 Å². The van der Waals surface area contributed by atoms with Crippen molar-refractivity contribution in [2.45, 2.75) is 45.0 Å². The Kier molecular flexibility index (Phi) is 5.21. The average Bonchev–Trinajstić information content (AvgIpc) is 2.35. The molecule has 1 aliphatic heterocycles. The number of pyridine rings is 1. The largest absolute Gasteiger partial charge is 0.353 e. The second kappa shape index (κ2) is 6.54. The summed E-state index contributed by atoms with van der Waals surface area (Å²) in [5, 5.41) is 4.86. The summed E-state index contributed by atoms with van der Waals surface area (Å²) in [6, 6.07) is 2.04. The van der Waals surface area contributed by atoms with Crippen molar-refractivity contribution in [2.75, 3.05) is 23.7 Å². The van der Waals surface area contributed by atoms with Crippen molar-refractivity contribution in [2.24, 2.45) is 0 Å². The van der Waals surface area contributed by atoms with Crippen molar-refractivity contribution in [1.82, 2.24) is 10.3 Å². The van der Waals surface area contributed by atoms with Gasteiger partial charge in [-0.1, -0.05) is 18.5 Å². The molecule has 1 aliphatic rings. The highest BCUT2D eigenvalue weighted by Gasteiger charge is 2.20. The molecule has 1 unspecified atom stereocenters. The number of aromatic nitrogens is 1. The zero-order valence-corrected chi connectivity index (χ0v) is 14.3. The average molecular weight is 314 g/mol. The lowest BCUT2D eigenvalue weighted by Crippen LogP contribution is -2.37. The summed E-state index contributed by atoms with van der Waals surface area (Å²) in [4.78, 5) is 6.88. The van der Waals surface area contributed by atoms with Crippen molar-refractivity contribution in [3.63, 3.8) is 0 Å². The van der Waals surface area contributed by atoms with Gasteiger partial charge >= 0.3 is 0 Å². The van der Waals surface area contributed by atoms with E-state index in [0.717, 1.165) is 41.8 Å². The predicted octanol–water partition coefficient (Wildman–Crippen LogP) is 3.56. The van der Waals surface area contributed by atoms with Gasteiger partial charge in [0.1, 0.15) is 5.82 Å². The van der Waals surface area contributed by atoms with Crippen LogP contribution in [0.2, 0.25) is 5.02 Å². The number of thioether (sulfide) groups is 1. The second-order valence-electron chi connectivity index (χ2n) is 6.38. The second-order valence-corrected chi connectivity index (χ2v) is 8.33. The van der Waals surface area contributed by atoms with Crippen molar-refractivity contribution >= 4 is 29.2 Å². The van der Waals surface area contributed by atoms with Crippen LogP contribution in [0.25, 0.3) is 0 Å². The van der Waals surface area contributed by atoms with Crippen molar-refractivity contribution in [3.05, 3.63) is 22.8 Å². The Morgan fingerprint density at radius 2 is 2.25 bits per heavy atom. The maximum atomic E-state index is 6.42. The normalized spacial score (nSPS) is 20.2. The lowest BCUT2D eigenvalue weighted by molar-refractivity contribution is 0.424. The summed E-state index contributed by atoms with van der Waals surface area (Å²) in [5.74, 6) is 2.07. The van der Waals surface area contributed by atoms with Crippen LogP contribution in [0.1, 0.15) is 33.3 Å². The topological polar surface area (TPSA) is 28.2 Å². The van der Waals surface area contributed by atoms with E-state index in [1.165, 1.54) is 0 Å². The first-order valence-electron chi connectivity index (χ1n) is 7.11.